The molecule has 2 aromatic heterocycles. The molecular formula is C47H51N3O. The number of aromatic nitrogens is 3. The molecule has 4 nitrogen and oxygen atoms in total. The average molecular weight is 674 g/mol. The lowest BCUT2D eigenvalue weighted by Gasteiger charge is -2.34. The van der Waals surface area contributed by atoms with Crippen LogP contribution in [-0.4, -0.2) is 14.8 Å². The molecule has 6 aromatic rings. The van der Waals surface area contributed by atoms with E-state index < -0.39 is 5.41 Å². The average Bonchev–Trinajstić information content (AvgIpc) is 3.57. The second kappa shape index (κ2) is 12.1. The van der Waals surface area contributed by atoms with Crippen LogP contribution in [0.2, 0.25) is 0 Å². The van der Waals surface area contributed by atoms with Crippen LogP contribution in [-0.2, 0) is 21.7 Å². The first-order valence-corrected chi connectivity index (χ1v) is 18.2. The topological polar surface area (TPSA) is 39.9 Å². The maximum atomic E-state index is 6.69. The van der Waals surface area contributed by atoms with Crippen LogP contribution in [0.15, 0.2) is 109 Å². The number of hydrogen-bond acceptors (Lipinski definition) is 3. The lowest BCUT2D eigenvalue weighted by Crippen LogP contribution is -2.31. The Hall–Kier alpha value is -4.96. The van der Waals surface area contributed by atoms with Gasteiger partial charge in [0.2, 0.25) is 0 Å². The minimum absolute atomic E-state index is 0.00217. The van der Waals surface area contributed by atoms with Crippen molar-refractivity contribution in [2.24, 2.45) is 0 Å². The molecule has 7 rings (SSSR count). The number of benzene rings is 4. The van der Waals surface area contributed by atoms with E-state index in [1.54, 1.807) is 0 Å². The highest BCUT2D eigenvalue weighted by atomic mass is 16.5. The maximum Gasteiger partial charge on any atom is 0.129 e. The van der Waals surface area contributed by atoms with Gasteiger partial charge in [0.15, 0.2) is 0 Å². The molecule has 0 saturated heterocycles. The highest BCUT2D eigenvalue weighted by Crippen LogP contribution is 2.57. The zero-order chi connectivity index (χ0) is 36.5. The molecule has 51 heavy (non-hydrogen) atoms. The van der Waals surface area contributed by atoms with Crippen LogP contribution in [0.25, 0.3) is 16.8 Å². The van der Waals surface area contributed by atoms with Crippen molar-refractivity contribution in [2.45, 2.75) is 97.8 Å². The fraction of sp³-hybridized carbons (Fsp3) is 0.319. The van der Waals surface area contributed by atoms with Crippen LogP contribution in [0.5, 0.6) is 11.5 Å². The first-order valence-electron chi connectivity index (χ1n) is 18.2. The van der Waals surface area contributed by atoms with Crippen LogP contribution in [0, 0.1) is 13.8 Å². The SMILES string of the molecule is Cc1cc(C)n(-c2cccc(Oc3cccc(C4(c5cc(C(C)(C)C)ccn5)c5ccc(C(C)(C)C)cc5-c5cc(C(C)(C)C)ccc54)c3)c2)n1. The fourth-order valence-electron chi connectivity index (χ4n) is 7.60. The van der Waals surface area contributed by atoms with Crippen molar-refractivity contribution in [1.29, 1.82) is 0 Å². The van der Waals surface area contributed by atoms with Crippen molar-refractivity contribution < 1.29 is 4.74 Å². The van der Waals surface area contributed by atoms with Crippen molar-refractivity contribution in [2.75, 3.05) is 0 Å². The first kappa shape index (κ1) is 34.5. The van der Waals surface area contributed by atoms with Gasteiger partial charge in [0.1, 0.15) is 11.5 Å². The summed E-state index contributed by atoms with van der Waals surface area (Å²) >= 11 is 0. The molecule has 4 aromatic carbocycles. The van der Waals surface area contributed by atoms with Crippen molar-refractivity contribution >= 4 is 0 Å². The summed E-state index contributed by atoms with van der Waals surface area (Å²) in [5.41, 5.74) is 13.4. The summed E-state index contributed by atoms with van der Waals surface area (Å²) in [4.78, 5) is 5.24. The Morgan fingerprint density at radius 3 is 1.67 bits per heavy atom. The summed E-state index contributed by atoms with van der Waals surface area (Å²) in [6.45, 7) is 24.7. The summed E-state index contributed by atoms with van der Waals surface area (Å²) in [6, 6.07) is 37.6. The Labute approximate surface area is 304 Å². The standard InChI is InChI=1S/C47H51N3O/c1-30-24-31(2)50(49-30)36-15-13-17-38(29-36)51-37-16-12-14-35(25-37)47(43-28-34(22-23-48-43)46(9,10)11)41-20-18-32(44(3,4)5)26-39(41)40-27-33(45(6,7)8)19-21-42(40)47/h12-29H,1-11H3. The van der Waals surface area contributed by atoms with Gasteiger partial charge in [-0.05, 0) is 117 Å². The van der Waals surface area contributed by atoms with Crippen LogP contribution in [0.1, 0.15) is 113 Å². The van der Waals surface area contributed by atoms with Crippen molar-refractivity contribution in [3.8, 4) is 28.3 Å². The molecule has 0 saturated carbocycles. The third-order valence-corrected chi connectivity index (χ3v) is 10.5. The second-order valence-corrected chi connectivity index (χ2v) is 17.4. The van der Waals surface area contributed by atoms with E-state index in [4.69, 9.17) is 14.8 Å². The summed E-state index contributed by atoms with van der Waals surface area (Å²) < 4.78 is 8.65. The number of hydrogen-bond donors (Lipinski definition) is 0. The highest BCUT2D eigenvalue weighted by molar-refractivity contribution is 5.87. The molecule has 2 heterocycles. The van der Waals surface area contributed by atoms with E-state index in [1.807, 2.05) is 36.0 Å². The van der Waals surface area contributed by atoms with Crippen molar-refractivity contribution in [1.82, 2.24) is 14.8 Å². The summed E-state index contributed by atoms with van der Waals surface area (Å²) in [6.07, 6.45) is 1.99. The third kappa shape index (κ3) is 6.09. The highest BCUT2D eigenvalue weighted by Gasteiger charge is 2.48. The molecule has 260 valence electrons. The number of ether oxygens (including phenoxy) is 1. The van der Waals surface area contributed by atoms with Crippen molar-refractivity contribution in [3.05, 3.63) is 160 Å². The van der Waals surface area contributed by atoms with E-state index in [2.05, 4.69) is 154 Å². The van der Waals surface area contributed by atoms with Crippen molar-refractivity contribution in [3.63, 3.8) is 0 Å². The summed E-state index contributed by atoms with van der Waals surface area (Å²) in [5, 5.41) is 4.70. The smallest absolute Gasteiger partial charge is 0.129 e. The lowest BCUT2D eigenvalue weighted by atomic mass is 9.68. The molecule has 0 bridgehead atoms. The van der Waals surface area contributed by atoms with Gasteiger partial charge in [-0.1, -0.05) is 117 Å². The van der Waals surface area contributed by atoms with Crippen LogP contribution < -0.4 is 4.74 Å². The number of pyridine rings is 1. The predicted octanol–water partition coefficient (Wildman–Crippen LogP) is 11.9. The number of fused-ring (bicyclic) bond motifs is 3. The van der Waals surface area contributed by atoms with Gasteiger partial charge >= 0.3 is 0 Å². The lowest BCUT2D eigenvalue weighted by molar-refractivity contribution is 0.480. The zero-order valence-corrected chi connectivity index (χ0v) is 32.1. The Kier molecular flexibility index (Phi) is 8.17. The van der Waals surface area contributed by atoms with E-state index in [1.165, 1.54) is 38.9 Å². The van der Waals surface area contributed by atoms with Crippen LogP contribution in [0.4, 0.5) is 0 Å². The van der Waals surface area contributed by atoms with E-state index in [9.17, 15) is 0 Å². The van der Waals surface area contributed by atoms with Gasteiger partial charge in [-0.3, -0.25) is 4.98 Å². The van der Waals surface area contributed by atoms with Gasteiger partial charge in [-0.2, -0.15) is 5.10 Å². The molecule has 4 heteroatoms. The van der Waals surface area contributed by atoms with Gasteiger partial charge in [-0.15, -0.1) is 0 Å². The maximum absolute atomic E-state index is 6.69. The van der Waals surface area contributed by atoms with Crippen LogP contribution in [0.3, 0.4) is 0 Å². The monoisotopic (exact) mass is 673 g/mol. The molecule has 0 radical (unpaired) electrons. The Bertz CT molecular complexity index is 2210. The molecule has 0 N–H and O–H groups in total. The van der Waals surface area contributed by atoms with E-state index in [0.717, 1.165) is 39.8 Å². The molecule has 0 amide bonds. The van der Waals surface area contributed by atoms with Gasteiger partial charge in [0, 0.05) is 18.0 Å². The minimum Gasteiger partial charge on any atom is -0.457 e. The molecule has 0 aliphatic heterocycles. The molecule has 0 atom stereocenters. The third-order valence-electron chi connectivity index (χ3n) is 10.5. The number of aryl methyl sites for hydroxylation is 2. The van der Waals surface area contributed by atoms with E-state index in [0.29, 0.717) is 0 Å². The quantitative estimate of drug-likeness (QED) is 0.183. The zero-order valence-electron chi connectivity index (χ0n) is 32.1. The molecule has 1 aliphatic carbocycles. The minimum atomic E-state index is -0.663. The van der Waals surface area contributed by atoms with E-state index >= 15 is 0 Å². The second-order valence-electron chi connectivity index (χ2n) is 17.4. The van der Waals surface area contributed by atoms with Gasteiger partial charge in [0.25, 0.3) is 0 Å². The predicted molar refractivity (Wildman–Crippen MR) is 211 cm³/mol. The Balaban J connectivity index is 1.47. The largest absolute Gasteiger partial charge is 0.457 e. The molecule has 0 spiro atoms. The number of nitrogens with zero attached hydrogens (tertiary/aromatic N) is 3. The Morgan fingerprint density at radius 1 is 0.569 bits per heavy atom. The van der Waals surface area contributed by atoms with E-state index in [-0.39, 0.29) is 16.2 Å². The fourth-order valence-corrected chi connectivity index (χ4v) is 7.60. The normalized spacial score (nSPS) is 13.9. The van der Waals surface area contributed by atoms with Gasteiger partial charge in [-0.25, -0.2) is 4.68 Å². The summed E-state index contributed by atoms with van der Waals surface area (Å²) in [7, 11) is 0. The number of rotatable bonds is 5. The first-order chi connectivity index (χ1) is 24.0. The van der Waals surface area contributed by atoms with Gasteiger partial charge < -0.3 is 4.74 Å². The molecule has 1 aliphatic rings. The molecule has 0 unspecified atom stereocenters. The van der Waals surface area contributed by atoms with Crippen LogP contribution >= 0.6 is 0 Å². The summed E-state index contributed by atoms with van der Waals surface area (Å²) in [5.74, 6) is 1.54. The van der Waals surface area contributed by atoms with Gasteiger partial charge in [0.05, 0.1) is 22.5 Å². The Morgan fingerprint density at radius 2 is 1.12 bits per heavy atom. The molecular weight excluding hydrogens is 623 g/mol. The molecule has 0 fully saturated rings.